The van der Waals surface area contributed by atoms with E-state index < -0.39 is 0 Å². The summed E-state index contributed by atoms with van der Waals surface area (Å²) < 4.78 is 7.15. The van der Waals surface area contributed by atoms with Gasteiger partial charge in [-0.15, -0.1) is 17.7 Å². The van der Waals surface area contributed by atoms with Gasteiger partial charge in [-0.2, -0.15) is 0 Å². The maximum atomic E-state index is 5.43. The van der Waals surface area contributed by atoms with Crippen LogP contribution in [-0.2, 0) is 0 Å². The van der Waals surface area contributed by atoms with Gasteiger partial charge in [-0.1, -0.05) is 6.07 Å². The third kappa shape index (κ3) is 1.94. The SMILES string of the molecule is COc1c(-n2ccc3ncnc-3n2)ccc(C)c1S. The Balaban J connectivity index is 2.21. The molecule has 96 valence electrons. The molecule has 2 heterocycles. The molecule has 3 rings (SSSR count). The van der Waals surface area contributed by atoms with E-state index in [1.807, 2.05) is 31.3 Å². The van der Waals surface area contributed by atoms with Gasteiger partial charge in [-0.05, 0) is 24.6 Å². The summed E-state index contributed by atoms with van der Waals surface area (Å²) in [5, 5.41) is 4.41. The third-order valence-electron chi connectivity index (χ3n) is 2.95. The number of aromatic nitrogens is 4. The van der Waals surface area contributed by atoms with Crippen LogP contribution in [-0.4, -0.2) is 26.9 Å². The number of fused-ring (bicyclic) bond motifs is 1. The van der Waals surface area contributed by atoms with E-state index in [4.69, 9.17) is 4.74 Å². The Bertz CT molecular complexity index is 710. The summed E-state index contributed by atoms with van der Waals surface area (Å²) in [6.45, 7) is 1.98. The lowest BCUT2D eigenvalue weighted by Crippen LogP contribution is -2.05. The monoisotopic (exact) mass is 272 g/mol. The van der Waals surface area contributed by atoms with E-state index in [1.165, 1.54) is 6.33 Å². The second-order valence-electron chi connectivity index (χ2n) is 4.13. The molecule has 5 nitrogen and oxygen atoms in total. The highest BCUT2D eigenvalue weighted by Crippen LogP contribution is 2.32. The molecule has 2 aliphatic rings. The zero-order valence-corrected chi connectivity index (χ0v) is 11.4. The van der Waals surface area contributed by atoms with Crippen LogP contribution in [0.3, 0.4) is 0 Å². The highest BCUT2D eigenvalue weighted by Gasteiger charge is 2.13. The van der Waals surface area contributed by atoms with E-state index in [0.717, 1.165) is 21.8 Å². The van der Waals surface area contributed by atoms with Crippen LogP contribution >= 0.6 is 12.6 Å². The average molecular weight is 272 g/mol. The molecule has 0 N–H and O–H groups in total. The van der Waals surface area contributed by atoms with Crippen LogP contribution in [0, 0.1) is 6.92 Å². The van der Waals surface area contributed by atoms with Gasteiger partial charge in [0.1, 0.15) is 17.7 Å². The summed E-state index contributed by atoms with van der Waals surface area (Å²) in [5.74, 6) is 1.30. The van der Waals surface area contributed by atoms with Crippen molar-refractivity contribution in [3.05, 3.63) is 36.3 Å². The molecular weight excluding hydrogens is 260 g/mol. The first-order valence-corrected chi connectivity index (χ1v) is 6.18. The predicted octanol–water partition coefficient (Wildman–Crippen LogP) is 2.37. The molecule has 0 fully saturated rings. The Hall–Kier alpha value is -2.08. The smallest absolute Gasteiger partial charge is 0.200 e. The molecule has 0 atom stereocenters. The van der Waals surface area contributed by atoms with Gasteiger partial charge in [0.15, 0.2) is 11.6 Å². The summed E-state index contributed by atoms with van der Waals surface area (Å²) >= 11 is 4.48. The van der Waals surface area contributed by atoms with E-state index >= 15 is 0 Å². The van der Waals surface area contributed by atoms with Crippen molar-refractivity contribution in [2.45, 2.75) is 11.8 Å². The molecule has 1 aromatic rings. The van der Waals surface area contributed by atoms with Crippen LogP contribution in [0.1, 0.15) is 5.56 Å². The minimum atomic E-state index is 0.603. The molecule has 0 aromatic heterocycles. The summed E-state index contributed by atoms with van der Waals surface area (Å²) in [5.41, 5.74) is 2.65. The molecule has 0 unspecified atom stereocenters. The minimum Gasteiger partial charge on any atom is -0.493 e. The summed E-state index contributed by atoms with van der Waals surface area (Å²) in [6.07, 6.45) is 3.33. The van der Waals surface area contributed by atoms with Gasteiger partial charge in [-0.25, -0.2) is 14.6 Å². The van der Waals surface area contributed by atoms with Crippen LogP contribution < -0.4 is 4.74 Å². The number of hydrogen-bond acceptors (Lipinski definition) is 5. The number of benzene rings is 1. The van der Waals surface area contributed by atoms with Gasteiger partial charge < -0.3 is 4.74 Å². The van der Waals surface area contributed by atoms with E-state index in [9.17, 15) is 0 Å². The van der Waals surface area contributed by atoms with Crippen LogP contribution in [0.25, 0.3) is 17.2 Å². The quantitative estimate of drug-likeness (QED) is 0.728. The van der Waals surface area contributed by atoms with Crippen molar-refractivity contribution in [1.29, 1.82) is 0 Å². The van der Waals surface area contributed by atoms with Gasteiger partial charge in [0.25, 0.3) is 0 Å². The fraction of sp³-hybridized carbons (Fsp3) is 0.154. The van der Waals surface area contributed by atoms with E-state index in [-0.39, 0.29) is 0 Å². The first-order valence-electron chi connectivity index (χ1n) is 5.74. The Kier molecular flexibility index (Phi) is 2.87. The average Bonchev–Trinajstić information content (AvgIpc) is 2.89. The van der Waals surface area contributed by atoms with Crippen LogP contribution in [0.4, 0.5) is 0 Å². The molecular formula is C13H12N4OS. The maximum absolute atomic E-state index is 5.43. The van der Waals surface area contributed by atoms with Crippen LogP contribution in [0.15, 0.2) is 35.6 Å². The second kappa shape index (κ2) is 4.55. The fourth-order valence-corrected chi connectivity index (χ4v) is 2.20. The van der Waals surface area contributed by atoms with Crippen molar-refractivity contribution >= 4 is 12.6 Å². The number of ether oxygens (including phenoxy) is 1. The molecule has 0 bridgehead atoms. The van der Waals surface area contributed by atoms with Gasteiger partial charge in [-0.3, -0.25) is 0 Å². The van der Waals surface area contributed by atoms with E-state index in [2.05, 4.69) is 27.7 Å². The molecule has 0 radical (unpaired) electrons. The van der Waals surface area contributed by atoms with Crippen molar-refractivity contribution in [3.63, 3.8) is 0 Å². The molecule has 0 amide bonds. The van der Waals surface area contributed by atoms with Crippen molar-refractivity contribution in [1.82, 2.24) is 19.7 Å². The Morgan fingerprint density at radius 1 is 1.21 bits per heavy atom. The number of nitrogens with zero attached hydrogens (tertiary/aromatic N) is 4. The molecule has 0 spiro atoms. The maximum Gasteiger partial charge on any atom is 0.200 e. The predicted molar refractivity (Wildman–Crippen MR) is 74.3 cm³/mol. The largest absolute Gasteiger partial charge is 0.493 e. The zero-order valence-electron chi connectivity index (χ0n) is 10.5. The zero-order chi connectivity index (χ0) is 13.4. The number of methoxy groups -OCH3 is 1. The van der Waals surface area contributed by atoms with Crippen molar-refractivity contribution in [3.8, 4) is 23.0 Å². The molecule has 0 aliphatic carbocycles. The first-order chi connectivity index (χ1) is 9.20. The summed E-state index contributed by atoms with van der Waals surface area (Å²) in [6, 6.07) is 5.80. The highest BCUT2D eigenvalue weighted by atomic mass is 32.1. The van der Waals surface area contributed by atoms with E-state index in [0.29, 0.717) is 11.6 Å². The standard InChI is InChI=1S/C13H12N4OS/c1-8-3-4-10(11(18-2)12(8)19)17-6-5-9-13(16-17)15-7-14-9/h3-7,19H,1-2H3. The Morgan fingerprint density at radius 2 is 2.05 bits per heavy atom. The molecule has 19 heavy (non-hydrogen) atoms. The van der Waals surface area contributed by atoms with Gasteiger partial charge in [0.2, 0.25) is 0 Å². The number of thiol groups is 1. The Labute approximate surface area is 116 Å². The van der Waals surface area contributed by atoms with Crippen LogP contribution in [0.5, 0.6) is 5.75 Å². The molecule has 1 aromatic carbocycles. The van der Waals surface area contributed by atoms with Crippen molar-refractivity contribution < 1.29 is 4.74 Å². The van der Waals surface area contributed by atoms with Gasteiger partial charge in [0.05, 0.1) is 12.0 Å². The van der Waals surface area contributed by atoms with Crippen LogP contribution in [0.2, 0.25) is 0 Å². The minimum absolute atomic E-state index is 0.603. The van der Waals surface area contributed by atoms with Gasteiger partial charge >= 0.3 is 0 Å². The summed E-state index contributed by atoms with van der Waals surface area (Å²) in [4.78, 5) is 9.00. The first kappa shape index (κ1) is 12.0. The van der Waals surface area contributed by atoms with Gasteiger partial charge in [0, 0.05) is 6.20 Å². The lowest BCUT2D eigenvalue weighted by atomic mass is 10.2. The lowest BCUT2D eigenvalue weighted by Gasteiger charge is -2.14. The topological polar surface area (TPSA) is 52.8 Å². The number of hydrogen-bond donors (Lipinski definition) is 1. The summed E-state index contributed by atoms with van der Waals surface area (Å²) in [7, 11) is 1.62. The number of imidazole rings is 1. The van der Waals surface area contributed by atoms with Crippen molar-refractivity contribution in [2.75, 3.05) is 7.11 Å². The highest BCUT2D eigenvalue weighted by molar-refractivity contribution is 7.80. The number of rotatable bonds is 2. The Morgan fingerprint density at radius 3 is 2.84 bits per heavy atom. The van der Waals surface area contributed by atoms with E-state index in [1.54, 1.807) is 11.8 Å². The van der Waals surface area contributed by atoms with Crippen molar-refractivity contribution in [2.24, 2.45) is 0 Å². The molecule has 2 aliphatic heterocycles. The number of aryl methyl sites for hydroxylation is 1. The lowest BCUT2D eigenvalue weighted by molar-refractivity contribution is 0.401. The molecule has 0 saturated heterocycles. The second-order valence-corrected chi connectivity index (χ2v) is 4.57. The normalized spacial score (nSPS) is 10.9. The molecule has 6 heteroatoms. The third-order valence-corrected chi connectivity index (χ3v) is 3.50. The fourth-order valence-electron chi connectivity index (χ4n) is 1.92. The molecule has 0 saturated carbocycles.